The summed E-state index contributed by atoms with van der Waals surface area (Å²) < 4.78 is 28.3. The van der Waals surface area contributed by atoms with E-state index in [0.717, 1.165) is 23.9 Å². The normalized spacial score (nSPS) is 20.8. The Morgan fingerprint density at radius 1 is 1.41 bits per heavy atom. The lowest BCUT2D eigenvalue weighted by Crippen LogP contribution is -2.46. The number of benzene rings is 1. The highest BCUT2D eigenvalue weighted by atomic mass is 32.2. The van der Waals surface area contributed by atoms with E-state index < -0.39 is 10.2 Å². The van der Waals surface area contributed by atoms with E-state index in [-0.39, 0.29) is 6.54 Å². The predicted octanol–water partition coefficient (Wildman–Crippen LogP) is 1.97. The Hall–Kier alpha value is -1.44. The van der Waals surface area contributed by atoms with Crippen molar-refractivity contribution in [3.63, 3.8) is 0 Å². The van der Waals surface area contributed by atoms with Crippen molar-refractivity contribution in [1.82, 2.24) is 18.6 Å². The average Bonchev–Trinajstić information content (AvgIpc) is 2.89. The third kappa shape index (κ3) is 3.02. The molecule has 0 bridgehead atoms. The highest BCUT2D eigenvalue weighted by Gasteiger charge is 2.30. The van der Waals surface area contributed by atoms with Gasteiger partial charge in [0.15, 0.2) is 0 Å². The number of H-pyrrole nitrogens is 1. The van der Waals surface area contributed by atoms with Crippen LogP contribution in [-0.4, -0.2) is 47.1 Å². The molecule has 1 N–H and O–H groups in total. The van der Waals surface area contributed by atoms with Crippen molar-refractivity contribution in [2.24, 2.45) is 5.92 Å². The van der Waals surface area contributed by atoms with Crippen LogP contribution in [0.5, 0.6) is 0 Å². The first-order chi connectivity index (χ1) is 10.5. The number of aromatic nitrogens is 2. The van der Waals surface area contributed by atoms with Gasteiger partial charge < -0.3 is 4.98 Å². The number of hydrogen-bond donors (Lipinski definition) is 1. The van der Waals surface area contributed by atoms with Crippen molar-refractivity contribution in [1.29, 1.82) is 0 Å². The largest absolute Gasteiger partial charge is 0.341 e. The Morgan fingerprint density at radius 2 is 2.18 bits per heavy atom. The van der Waals surface area contributed by atoms with Gasteiger partial charge in [0, 0.05) is 20.1 Å². The predicted molar refractivity (Wildman–Crippen MR) is 86.5 cm³/mol. The Labute approximate surface area is 131 Å². The van der Waals surface area contributed by atoms with Crippen molar-refractivity contribution in [2.75, 3.05) is 20.1 Å². The van der Waals surface area contributed by atoms with Gasteiger partial charge in [-0.15, -0.1) is 0 Å². The van der Waals surface area contributed by atoms with Gasteiger partial charge in [0.25, 0.3) is 10.2 Å². The molecule has 0 spiro atoms. The van der Waals surface area contributed by atoms with Gasteiger partial charge in [-0.3, -0.25) is 0 Å². The monoisotopic (exact) mass is 322 g/mol. The number of rotatable bonds is 4. The Balaban J connectivity index is 1.76. The summed E-state index contributed by atoms with van der Waals surface area (Å²) in [4.78, 5) is 7.62. The summed E-state index contributed by atoms with van der Waals surface area (Å²) in [6.45, 7) is 3.56. The maximum Gasteiger partial charge on any atom is 0.282 e. The van der Waals surface area contributed by atoms with Crippen LogP contribution in [0.4, 0.5) is 0 Å². The summed E-state index contributed by atoms with van der Waals surface area (Å²) in [5.74, 6) is 1.08. The van der Waals surface area contributed by atoms with E-state index in [0.29, 0.717) is 24.8 Å². The number of aromatic amines is 1. The fourth-order valence-electron chi connectivity index (χ4n) is 2.93. The minimum Gasteiger partial charge on any atom is -0.341 e. The van der Waals surface area contributed by atoms with Gasteiger partial charge >= 0.3 is 0 Å². The summed E-state index contributed by atoms with van der Waals surface area (Å²) in [7, 11) is -1.81. The van der Waals surface area contributed by atoms with Gasteiger partial charge in [0.1, 0.15) is 5.82 Å². The highest BCUT2D eigenvalue weighted by Crippen LogP contribution is 2.21. The number of imidazole rings is 1. The van der Waals surface area contributed by atoms with Gasteiger partial charge in [0.05, 0.1) is 17.6 Å². The van der Waals surface area contributed by atoms with Gasteiger partial charge in [-0.05, 0) is 30.9 Å². The molecule has 0 unspecified atom stereocenters. The second kappa shape index (κ2) is 5.98. The summed E-state index contributed by atoms with van der Waals surface area (Å²) in [5, 5.41) is 0. The van der Waals surface area contributed by atoms with E-state index in [2.05, 4.69) is 16.9 Å². The third-order valence-corrected chi connectivity index (χ3v) is 6.05. The minimum atomic E-state index is -3.42. The van der Waals surface area contributed by atoms with E-state index in [1.54, 1.807) is 11.4 Å². The molecule has 3 rings (SSSR count). The van der Waals surface area contributed by atoms with Crippen LogP contribution in [0.3, 0.4) is 0 Å². The first-order valence-electron chi connectivity index (χ1n) is 7.62. The molecule has 1 aromatic heterocycles. The van der Waals surface area contributed by atoms with Crippen LogP contribution in [0.1, 0.15) is 25.6 Å². The molecule has 6 nitrogen and oxygen atoms in total. The molecule has 0 radical (unpaired) electrons. The number of fused-ring (bicyclic) bond motifs is 1. The fraction of sp³-hybridized carbons (Fsp3) is 0.533. The van der Waals surface area contributed by atoms with Crippen LogP contribution in [0.25, 0.3) is 11.0 Å². The lowest BCUT2D eigenvalue weighted by atomic mass is 10.0. The molecule has 1 aliphatic heterocycles. The number of nitrogens with one attached hydrogen (secondary N) is 1. The molecule has 0 saturated carbocycles. The number of para-hydroxylation sites is 2. The lowest BCUT2D eigenvalue weighted by molar-refractivity contribution is 0.262. The molecule has 120 valence electrons. The maximum absolute atomic E-state index is 12.7. The van der Waals surface area contributed by atoms with Gasteiger partial charge in [-0.25, -0.2) is 4.98 Å². The van der Waals surface area contributed by atoms with Crippen molar-refractivity contribution < 1.29 is 8.42 Å². The number of piperidine rings is 1. The van der Waals surface area contributed by atoms with Crippen LogP contribution < -0.4 is 0 Å². The molecule has 0 amide bonds. The van der Waals surface area contributed by atoms with E-state index in [1.807, 2.05) is 24.3 Å². The van der Waals surface area contributed by atoms with Crippen molar-refractivity contribution in [3.8, 4) is 0 Å². The average molecular weight is 322 g/mol. The van der Waals surface area contributed by atoms with Crippen LogP contribution in [0.15, 0.2) is 24.3 Å². The maximum atomic E-state index is 12.7. The Morgan fingerprint density at radius 3 is 2.91 bits per heavy atom. The molecule has 7 heteroatoms. The smallest absolute Gasteiger partial charge is 0.282 e. The summed E-state index contributed by atoms with van der Waals surface area (Å²) in [6.07, 6.45) is 2.03. The number of hydrogen-bond acceptors (Lipinski definition) is 3. The summed E-state index contributed by atoms with van der Waals surface area (Å²) >= 11 is 0. The summed E-state index contributed by atoms with van der Waals surface area (Å²) in [6, 6.07) is 7.70. The minimum absolute atomic E-state index is 0.252. The van der Waals surface area contributed by atoms with E-state index in [9.17, 15) is 8.42 Å². The molecule has 2 heterocycles. The van der Waals surface area contributed by atoms with Gasteiger partial charge in [0.2, 0.25) is 0 Å². The van der Waals surface area contributed by atoms with Crippen molar-refractivity contribution in [3.05, 3.63) is 30.1 Å². The van der Waals surface area contributed by atoms with Crippen molar-refractivity contribution in [2.45, 2.75) is 26.3 Å². The standard InChI is InChI=1S/C15H22N4O2S/c1-12-6-5-9-19(10-12)22(20,21)18(2)11-15-16-13-7-3-4-8-14(13)17-15/h3-4,7-8,12H,5-6,9-11H2,1-2H3,(H,16,17)/t12-/m0/s1. The summed E-state index contributed by atoms with van der Waals surface area (Å²) in [5.41, 5.74) is 1.78. The molecule has 22 heavy (non-hydrogen) atoms. The van der Waals surface area contributed by atoms with E-state index in [4.69, 9.17) is 0 Å². The topological polar surface area (TPSA) is 69.3 Å². The fourth-order valence-corrected chi connectivity index (χ4v) is 4.41. The quantitative estimate of drug-likeness (QED) is 0.935. The molecule has 1 fully saturated rings. The first kappa shape index (κ1) is 15.5. The van der Waals surface area contributed by atoms with Crippen LogP contribution in [-0.2, 0) is 16.8 Å². The molecule has 0 aliphatic carbocycles. The zero-order valence-corrected chi connectivity index (χ0v) is 13.8. The molecule has 1 aliphatic rings. The molecule has 2 aromatic rings. The Bertz CT molecular complexity index is 723. The second-order valence-corrected chi connectivity index (χ2v) is 8.11. The second-order valence-electron chi connectivity index (χ2n) is 6.07. The SMILES string of the molecule is C[C@H]1CCCN(S(=O)(=O)N(C)Cc2nc3ccccc3[nH]2)C1. The van der Waals surface area contributed by atoms with Crippen LogP contribution >= 0.6 is 0 Å². The molecule has 1 saturated heterocycles. The molecular weight excluding hydrogens is 300 g/mol. The Kier molecular flexibility index (Phi) is 4.20. The zero-order chi connectivity index (χ0) is 15.7. The lowest BCUT2D eigenvalue weighted by Gasteiger charge is -2.32. The first-order valence-corrected chi connectivity index (χ1v) is 9.01. The third-order valence-electron chi connectivity index (χ3n) is 4.15. The van der Waals surface area contributed by atoms with Gasteiger partial charge in [-0.2, -0.15) is 17.0 Å². The number of nitrogens with zero attached hydrogens (tertiary/aromatic N) is 3. The molecular formula is C15H22N4O2S. The highest BCUT2D eigenvalue weighted by molar-refractivity contribution is 7.86. The molecule has 1 atom stereocenters. The van der Waals surface area contributed by atoms with Gasteiger partial charge in [-0.1, -0.05) is 19.1 Å². The van der Waals surface area contributed by atoms with Crippen molar-refractivity contribution >= 4 is 21.2 Å². The molecule has 1 aromatic carbocycles. The zero-order valence-electron chi connectivity index (χ0n) is 13.0. The van der Waals surface area contributed by atoms with E-state index >= 15 is 0 Å². The van der Waals surface area contributed by atoms with Crippen LogP contribution in [0.2, 0.25) is 0 Å². The van der Waals surface area contributed by atoms with E-state index in [1.165, 1.54) is 4.31 Å². The van der Waals surface area contributed by atoms with Crippen LogP contribution in [0, 0.1) is 5.92 Å².